The van der Waals surface area contributed by atoms with E-state index in [9.17, 15) is 0 Å². The number of halogens is 1. The smallest absolute Gasteiger partial charge is 0.0354 e. The molecule has 1 nitrogen and oxygen atoms in total. The van der Waals surface area contributed by atoms with Gasteiger partial charge in [0.1, 0.15) is 0 Å². The summed E-state index contributed by atoms with van der Waals surface area (Å²) in [7, 11) is 2.07. The van der Waals surface area contributed by atoms with E-state index in [1.54, 1.807) is 0 Å². The van der Waals surface area contributed by atoms with Crippen molar-refractivity contribution in [3.05, 3.63) is 32.9 Å². The fourth-order valence-electron chi connectivity index (χ4n) is 2.54. The van der Waals surface area contributed by atoms with Crippen molar-refractivity contribution in [2.45, 2.75) is 40.2 Å². The van der Waals surface area contributed by atoms with Crippen LogP contribution < -0.4 is 5.32 Å². The summed E-state index contributed by atoms with van der Waals surface area (Å²) in [5, 5.41) is 3.49. The molecule has 0 radical (unpaired) electrons. The monoisotopic (exact) mass is 345 g/mol. The van der Waals surface area contributed by atoms with Crippen molar-refractivity contribution in [1.29, 1.82) is 0 Å². The summed E-state index contributed by atoms with van der Waals surface area (Å²) < 4.78 is 1.40. The topological polar surface area (TPSA) is 12.0 Å². The third-order valence-corrected chi connectivity index (χ3v) is 4.75. The molecule has 1 rings (SSSR count). The second kappa shape index (κ2) is 6.74. The quantitative estimate of drug-likeness (QED) is 0.773. The molecule has 1 N–H and O–H groups in total. The van der Waals surface area contributed by atoms with Gasteiger partial charge in [-0.3, -0.25) is 0 Å². The average Bonchev–Trinajstić information content (AvgIpc) is 2.24. The molecule has 0 fully saturated rings. The average molecular weight is 345 g/mol. The van der Waals surface area contributed by atoms with Crippen molar-refractivity contribution < 1.29 is 0 Å². The van der Waals surface area contributed by atoms with Crippen molar-refractivity contribution in [2.75, 3.05) is 7.05 Å². The maximum Gasteiger partial charge on any atom is 0.0354 e. The highest BCUT2D eigenvalue weighted by Gasteiger charge is 2.20. The second-order valence-corrected chi connectivity index (χ2v) is 6.43. The molecule has 0 heterocycles. The van der Waals surface area contributed by atoms with Gasteiger partial charge >= 0.3 is 0 Å². The Balaban J connectivity index is 2.97. The van der Waals surface area contributed by atoms with Gasteiger partial charge in [-0.15, -0.1) is 0 Å². The Morgan fingerprint density at radius 3 is 2.41 bits per heavy atom. The molecule has 0 aliphatic carbocycles. The number of nitrogens with one attached hydrogen (secondary N) is 1. The van der Waals surface area contributed by atoms with Crippen LogP contribution >= 0.6 is 22.6 Å². The molecule has 0 spiro atoms. The Hall–Kier alpha value is -0.0900. The fraction of sp³-hybridized carbons (Fsp3) is 0.600. The maximum absolute atomic E-state index is 3.49. The highest BCUT2D eigenvalue weighted by atomic mass is 127. The van der Waals surface area contributed by atoms with Crippen LogP contribution in [0.3, 0.4) is 0 Å². The predicted molar refractivity (Wildman–Crippen MR) is 84.3 cm³/mol. The van der Waals surface area contributed by atoms with Crippen molar-refractivity contribution in [2.24, 2.45) is 11.8 Å². The van der Waals surface area contributed by atoms with E-state index in [0.717, 1.165) is 5.92 Å². The van der Waals surface area contributed by atoms with Gasteiger partial charge in [-0.05, 0) is 65.9 Å². The number of hydrogen-bond acceptors (Lipinski definition) is 1. The molecule has 0 aliphatic heterocycles. The second-order valence-electron chi connectivity index (χ2n) is 5.35. The van der Waals surface area contributed by atoms with Crippen LogP contribution in [0.25, 0.3) is 0 Å². The van der Waals surface area contributed by atoms with E-state index in [1.165, 1.54) is 21.1 Å². The third-order valence-electron chi connectivity index (χ3n) is 3.28. The Kier molecular flexibility index (Phi) is 5.93. The van der Waals surface area contributed by atoms with Gasteiger partial charge in [-0.1, -0.05) is 39.0 Å². The summed E-state index contributed by atoms with van der Waals surface area (Å²) >= 11 is 2.47. The zero-order chi connectivity index (χ0) is 13.0. The minimum atomic E-state index is 0.462. The summed E-state index contributed by atoms with van der Waals surface area (Å²) in [6.07, 6.45) is 1.26. The lowest BCUT2D eigenvalue weighted by Crippen LogP contribution is -2.25. The largest absolute Gasteiger partial charge is 0.313 e. The number of benzene rings is 1. The van der Waals surface area contributed by atoms with Crippen LogP contribution in [0.4, 0.5) is 0 Å². The van der Waals surface area contributed by atoms with Crippen LogP contribution in [0.1, 0.15) is 44.4 Å². The van der Waals surface area contributed by atoms with Gasteiger partial charge in [0.05, 0.1) is 0 Å². The summed E-state index contributed by atoms with van der Waals surface area (Å²) in [6, 6.07) is 7.07. The van der Waals surface area contributed by atoms with Gasteiger partial charge in [-0.25, -0.2) is 0 Å². The molecule has 0 aromatic heterocycles. The molecule has 2 unspecified atom stereocenters. The van der Waals surface area contributed by atoms with Gasteiger partial charge in [0.15, 0.2) is 0 Å². The Morgan fingerprint density at radius 2 is 1.88 bits per heavy atom. The molecule has 0 saturated carbocycles. The van der Waals surface area contributed by atoms with Crippen LogP contribution in [0.5, 0.6) is 0 Å². The molecule has 2 atom stereocenters. The van der Waals surface area contributed by atoms with E-state index >= 15 is 0 Å². The lowest BCUT2D eigenvalue weighted by Gasteiger charge is -2.27. The Labute approximate surface area is 120 Å². The molecule has 96 valence electrons. The summed E-state index contributed by atoms with van der Waals surface area (Å²) in [5.74, 6) is 1.42. The van der Waals surface area contributed by atoms with Crippen molar-refractivity contribution in [3.63, 3.8) is 0 Å². The Bertz CT molecular complexity index is 360. The van der Waals surface area contributed by atoms with Gasteiger partial charge in [0, 0.05) is 9.61 Å². The SMILES string of the molecule is CNC(c1cccc(C)c1I)C(C)CC(C)C. The maximum atomic E-state index is 3.49. The molecule has 1 aromatic rings. The number of rotatable bonds is 5. The third kappa shape index (κ3) is 3.95. The van der Waals surface area contributed by atoms with Gasteiger partial charge < -0.3 is 5.32 Å². The van der Waals surface area contributed by atoms with Crippen LogP contribution in [0.2, 0.25) is 0 Å². The zero-order valence-corrected chi connectivity index (χ0v) is 13.7. The molecule has 1 aromatic carbocycles. The lowest BCUT2D eigenvalue weighted by molar-refractivity contribution is 0.342. The van der Waals surface area contributed by atoms with E-state index in [4.69, 9.17) is 0 Å². The van der Waals surface area contributed by atoms with Gasteiger partial charge in [-0.2, -0.15) is 0 Å². The first-order valence-corrected chi connectivity index (χ1v) is 7.47. The normalized spacial score (nSPS) is 15.0. The summed E-state index contributed by atoms with van der Waals surface area (Å²) in [5.41, 5.74) is 2.82. The first-order chi connectivity index (χ1) is 7.97. The first kappa shape index (κ1) is 15.0. The van der Waals surface area contributed by atoms with Crippen LogP contribution in [-0.2, 0) is 0 Å². The van der Waals surface area contributed by atoms with Crippen LogP contribution in [0, 0.1) is 22.3 Å². The van der Waals surface area contributed by atoms with Crippen LogP contribution in [0.15, 0.2) is 18.2 Å². The van der Waals surface area contributed by atoms with E-state index < -0.39 is 0 Å². The summed E-state index contributed by atoms with van der Waals surface area (Å²) in [4.78, 5) is 0. The van der Waals surface area contributed by atoms with Crippen molar-refractivity contribution in [3.8, 4) is 0 Å². The molecule has 0 saturated heterocycles. The number of aryl methyl sites for hydroxylation is 1. The zero-order valence-electron chi connectivity index (χ0n) is 11.5. The fourth-order valence-corrected chi connectivity index (χ4v) is 3.23. The molecule has 17 heavy (non-hydrogen) atoms. The van der Waals surface area contributed by atoms with E-state index in [0.29, 0.717) is 12.0 Å². The van der Waals surface area contributed by atoms with Gasteiger partial charge in [0.2, 0.25) is 0 Å². The van der Waals surface area contributed by atoms with E-state index in [-0.39, 0.29) is 0 Å². The van der Waals surface area contributed by atoms with Crippen LogP contribution in [-0.4, -0.2) is 7.05 Å². The lowest BCUT2D eigenvalue weighted by atomic mass is 9.87. The standard InChI is InChI=1S/C15H24IN/c1-10(2)9-12(4)15(17-5)13-8-6-7-11(3)14(13)16/h6-8,10,12,15,17H,9H2,1-5H3. The van der Waals surface area contributed by atoms with E-state index in [1.807, 2.05) is 0 Å². The van der Waals surface area contributed by atoms with Crippen molar-refractivity contribution >= 4 is 22.6 Å². The van der Waals surface area contributed by atoms with Crippen molar-refractivity contribution in [1.82, 2.24) is 5.32 Å². The number of hydrogen-bond donors (Lipinski definition) is 1. The molecular weight excluding hydrogens is 321 g/mol. The summed E-state index contributed by atoms with van der Waals surface area (Å²) in [6.45, 7) is 9.12. The van der Waals surface area contributed by atoms with E-state index in [2.05, 4.69) is 80.8 Å². The minimum Gasteiger partial charge on any atom is -0.313 e. The molecule has 0 amide bonds. The highest BCUT2D eigenvalue weighted by molar-refractivity contribution is 14.1. The predicted octanol–water partition coefficient (Wildman–Crippen LogP) is 4.54. The molecule has 0 bridgehead atoms. The first-order valence-electron chi connectivity index (χ1n) is 6.39. The molecule has 2 heteroatoms. The highest BCUT2D eigenvalue weighted by Crippen LogP contribution is 2.31. The Morgan fingerprint density at radius 1 is 1.24 bits per heavy atom. The minimum absolute atomic E-state index is 0.462. The molecule has 0 aliphatic rings. The van der Waals surface area contributed by atoms with Gasteiger partial charge in [0.25, 0.3) is 0 Å². The molecular formula is C15H24IN.